The number of hydrogen-bond donors (Lipinski definition) is 1. The van der Waals surface area contributed by atoms with Crippen LogP contribution in [-0.4, -0.2) is 35.8 Å². The molecule has 0 unspecified atom stereocenters. The molecular formula is C11H12N2O4S. The third-order valence-corrected chi connectivity index (χ3v) is 3.43. The molecule has 1 aliphatic heterocycles. The Balaban J connectivity index is 1.78. The monoisotopic (exact) mass is 268 g/mol. The summed E-state index contributed by atoms with van der Waals surface area (Å²) in [6.07, 6.45) is 0. The van der Waals surface area contributed by atoms with Gasteiger partial charge in [-0.2, -0.15) is 0 Å². The van der Waals surface area contributed by atoms with Gasteiger partial charge >= 0.3 is 0 Å². The summed E-state index contributed by atoms with van der Waals surface area (Å²) in [6.45, 7) is 1.15. The summed E-state index contributed by atoms with van der Waals surface area (Å²) < 4.78 is 4.95. The molecule has 6 nitrogen and oxygen atoms in total. The predicted octanol–water partition coefficient (Wildman–Crippen LogP) is 1.20. The number of nitro groups is 1. The molecule has 2 rings (SSSR count). The van der Waals surface area contributed by atoms with Gasteiger partial charge in [-0.3, -0.25) is 14.9 Å². The molecule has 18 heavy (non-hydrogen) atoms. The zero-order valence-electron chi connectivity index (χ0n) is 9.50. The van der Waals surface area contributed by atoms with Crippen LogP contribution in [0.15, 0.2) is 29.2 Å². The predicted molar refractivity (Wildman–Crippen MR) is 66.6 cm³/mol. The molecule has 1 amide bonds. The van der Waals surface area contributed by atoms with E-state index >= 15 is 0 Å². The molecule has 1 aliphatic rings. The van der Waals surface area contributed by atoms with E-state index in [0.717, 1.165) is 4.90 Å². The van der Waals surface area contributed by atoms with E-state index in [-0.39, 0.29) is 17.6 Å². The first-order valence-corrected chi connectivity index (χ1v) is 6.38. The number of carbonyl (C=O) groups is 1. The third kappa shape index (κ3) is 3.44. The second-order valence-corrected chi connectivity index (χ2v) is 4.89. The lowest BCUT2D eigenvalue weighted by Gasteiger charge is -2.26. The number of nitrogens with one attached hydrogen (secondary N) is 1. The van der Waals surface area contributed by atoms with Crippen molar-refractivity contribution in [1.82, 2.24) is 5.32 Å². The van der Waals surface area contributed by atoms with Crippen molar-refractivity contribution in [1.29, 1.82) is 0 Å². The Bertz CT molecular complexity index is 445. The van der Waals surface area contributed by atoms with Crippen LogP contribution in [-0.2, 0) is 9.53 Å². The van der Waals surface area contributed by atoms with Gasteiger partial charge < -0.3 is 10.1 Å². The number of ether oxygens (including phenoxy) is 1. The van der Waals surface area contributed by atoms with Crippen LogP contribution in [0, 0.1) is 10.1 Å². The maximum Gasteiger partial charge on any atom is 0.269 e. The van der Waals surface area contributed by atoms with Crippen molar-refractivity contribution in [3.8, 4) is 0 Å². The summed E-state index contributed by atoms with van der Waals surface area (Å²) in [4.78, 5) is 22.3. The number of nitro benzene ring substituents is 1. The molecule has 0 saturated carbocycles. The highest BCUT2D eigenvalue weighted by atomic mass is 32.2. The summed E-state index contributed by atoms with van der Waals surface area (Å²) in [6, 6.07) is 6.28. The molecule has 0 aromatic heterocycles. The van der Waals surface area contributed by atoms with Gasteiger partial charge in [0.1, 0.15) is 0 Å². The normalized spacial score (nSPS) is 14.9. The molecule has 7 heteroatoms. The minimum Gasteiger partial charge on any atom is -0.377 e. The van der Waals surface area contributed by atoms with Gasteiger partial charge in [0.15, 0.2) is 0 Å². The second-order valence-electron chi connectivity index (χ2n) is 3.84. The second kappa shape index (κ2) is 5.83. The minimum absolute atomic E-state index is 0.0494. The number of hydrogen-bond acceptors (Lipinski definition) is 5. The number of amides is 1. The van der Waals surface area contributed by atoms with Gasteiger partial charge in [0, 0.05) is 17.0 Å². The van der Waals surface area contributed by atoms with Crippen molar-refractivity contribution >= 4 is 23.4 Å². The molecule has 0 spiro atoms. The fraction of sp³-hybridized carbons (Fsp3) is 0.364. The Morgan fingerprint density at radius 3 is 2.61 bits per heavy atom. The summed E-state index contributed by atoms with van der Waals surface area (Å²) in [5.74, 6) is 0.251. The van der Waals surface area contributed by atoms with Crippen molar-refractivity contribution in [2.75, 3.05) is 19.0 Å². The lowest BCUT2D eigenvalue weighted by atomic mass is 10.2. The van der Waals surface area contributed by atoms with Crippen LogP contribution in [0.25, 0.3) is 0 Å². The van der Waals surface area contributed by atoms with Crippen molar-refractivity contribution < 1.29 is 14.5 Å². The Morgan fingerprint density at radius 1 is 1.44 bits per heavy atom. The van der Waals surface area contributed by atoms with E-state index in [2.05, 4.69) is 5.32 Å². The Kier molecular flexibility index (Phi) is 4.16. The first-order chi connectivity index (χ1) is 8.65. The van der Waals surface area contributed by atoms with Gasteiger partial charge in [0.25, 0.3) is 5.69 Å². The molecule has 96 valence electrons. The largest absolute Gasteiger partial charge is 0.377 e. The zero-order valence-corrected chi connectivity index (χ0v) is 10.3. The van der Waals surface area contributed by atoms with Crippen molar-refractivity contribution in [2.45, 2.75) is 10.9 Å². The number of non-ortho nitro benzene ring substituents is 1. The summed E-state index contributed by atoms with van der Waals surface area (Å²) in [5.41, 5.74) is 0.0513. The molecule has 1 N–H and O–H groups in total. The van der Waals surface area contributed by atoms with Crippen LogP contribution in [0.2, 0.25) is 0 Å². The molecule has 0 atom stereocenters. The number of rotatable bonds is 5. The van der Waals surface area contributed by atoms with E-state index in [1.165, 1.54) is 23.9 Å². The van der Waals surface area contributed by atoms with E-state index in [4.69, 9.17) is 4.74 Å². The Morgan fingerprint density at radius 2 is 2.11 bits per heavy atom. The fourth-order valence-electron chi connectivity index (χ4n) is 1.40. The molecule has 0 bridgehead atoms. The van der Waals surface area contributed by atoms with Crippen LogP contribution in [0.1, 0.15) is 0 Å². The molecule has 0 radical (unpaired) electrons. The minimum atomic E-state index is -0.447. The smallest absolute Gasteiger partial charge is 0.269 e. The van der Waals surface area contributed by atoms with E-state index in [1.54, 1.807) is 12.1 Å². The summed E-state index contributed by atoms with van der Waals surface area (Å²) in [5, 5.41) is 13.3. The molecule has 1 aromatic rings. The lowest BCUT2D eigenvalue weighted by Crippen LogP contribution is -2.49. The lowest BCUT2D eigenvalue weighted by molar-refractivity contribution is -0.384. The third-order valence-electron chi connectivity index (χ3n) is 2.42. The quantitative estimate of drug-likeness (QED) is 0.493. The maximum absolute atomic E-state index is 11.5. The van der Waals surface area contributed by atoms with E-state index in [1.807, 2.05) is 0 Å². The molecule has 1 aromatic carbocycles. The van der Waals surface area contributed by atoms with Gasteiger partial charge in [-0.1, -0.05) is 0 Å². The molecule has 1 saturated heterocycles. The highest BCUT2D eigenvalue weighted by Crippen LogP contribution is 2.21. The van der Waals surface area contributed by atoms with Crippen LogP contribution >= 0.6 is 11.8 Å². The Labute approximate surface area is 108 Å². The Hall–Kier alpha value is -1.60. The van der Waals surface area contributed by atoms with Crippen molar-refractivity contribution in [2.24, 2.45) is 0 Å². The van der Waals surface area contributed by atoms with Gasteiger partial charge in [-0.25, -0.2) is 0 Å². The van der Waals surface area contributed by atoms with Crippen LogP contribution in [0.4, 0.5) is 5.69 Å². The zero-order chi connectivity index (χ0) is 13.0. The molecule has 0 aliphatic carbocycles. The first kappa shape index (κ1) is 12.8. The highest BCUT2D eigenvalue weighted by molar-refractivity contribution is 8.00. The number of nitrogens with zero attached hydrogens (tertiary/aromatic N) is 1. The molecule has 1 fully saturated rings. The van der Waals surface area contributed by atoms with Gasteiger partial charge in [-0.05, 0) is 12.1 Å². The van der Waals surface area contributed by atoms with Crippen molar-refractivity contribution in [3.05, 3.63) is 34.4 Å². The highest BCUT2D eigenvalue weighted by Gasteiger charge is 2.20. The summed E-state index contributed by atoms with van der Waals surface area (Å²) in [7, 11) is 0. The molecular weight excluding hydrogens is 256 g/mol. The van der Waals surface area contributed by atoms with Crippen molar-refractivity contribution in [3.63, 3.8) is 0 Å². The number of thioether (sulfide) groups is 1. The van der Waals surface area contributed by atoms with Gasteiger partial charge in [-0.15, -0.1) is 11.8 Å². The average molecular weight is 268 g/mol. The summed E-state index contributed by atoms with van der Waals surface area (Å²) >= 11 is 1.35. The van der Waals surface area contributed by atoms with Gasteiger partial charge in [0.05, 0.1) is 29.9 Å². The van der Waals surface area contributed by atoms with Gasteiger partial charge in [0.2, 0.25) is 5.91 Å². The van der Waals surface area contributed by atoms with Crippen LogP contribution in [0.5, 0.6) is 0 Å². The number of benzene rings is 1. The maximum atomic E-state index is 11.5. The first-order valence-electron chi connectivity index (χ1n) is 5.39. The fourth-order valence-corrected chi connectivity index (χ4v) is 2.11. The average Bonchev–Trinajstić information content (AvgIpc) is 2.32. The molecule has 1 heterocycles. The van der Waals surface area contributed by atoms with E-state index in [9.17, 15) is 14.9 Å². The topological polar surface area (TPSA) is 81.5 Å². The van der Waals surface area contributed by atoms with Crippen LogP contribution in [0.3, 0.4) is 0 Å². The van der Waals surface area contributed by atoms with Crippen LogP contribution < -0.4 is 5.32 Å². The van der Waals surface area contributed by atoms with E-state index < -0.39 is 4.92 Å². The number of carbonyl (C=O) groups excluding carboxylic acids is 1. The van der Waals surface area contributed by atoms with E-state index in [0.29, 0.717) is 19.0 Å². The standard InChI is InChI=1S/C11H12N2O4S/c14-11(12-8-5-17-6-8)7-18-10-3-1-9(2-4-10)13(15)16/h1-4,8H,5-7H2,(H,12,14). The SMILES string of the molecule is O=C(CSc1ccc([N+](=O)[O-])cc1)NC1COC1.